The number of benzene rings is 1. The minimum atomic E-state index is -1.05. The van der Waals surface area contributed by atoms with Gasteiger partial charge in [-0.15, -0.1) is 0 Å². The van der Waals surface area contributed by atoms with E-state index in [0.717, 1.165) is 6.07 Å². The number of nitrogens with one attached hydrogen (secondary N) is 1. The third kappa shape index (κ3) is 4.19. The summed E-state index contributed by atoms with van der Waals surface area (Å²) in [5.74, 6) is -0.740. The molecule has 1 aromatic heterocycles. The van der Waals surface area contributed by atoms with E-state index in [-0.39, 0.29) is 17.8 Å². The zero-order chi connectivity index (χ0) is 17.7. The second-order valence-corrected chi connectivity index (χ2v) is 5.10. The average molecular weight is 332 g/mol. The number of nitrogens with zero attached hydrogens (tertiary/aromatic N) is 1. The van der Waals surface area contributed by atoms with Crippen molar-refractivity contribution < 1.29 is 23.7 Å². The maximum Gasteiger partial charge on any atom is 0.339 e. The van der Waals surface area contributed by atoms with Gasteiger partial charge in [-0.25, -0.2) is 4.79 Å². The Morgan fingerprint density at radius 1 is 1.38 bits per heavy atom. The van der Waals surface area contributed by atoms with Gasteiger partial charge >= 0.3 is 5.97 Å². The molecule has 1 N–H and O–H groups in total. The summed E-state index contributed by atoms with van der Waals surface area (Å²) in [6.45, 7) is 3.15. The summed E-state index contributed by atoms with van der Waals surface area (Å²) in [7, 11) is 0. The number of rotatable bonds is 6. The van der Waals surface area contributed by atoms with E-state index >= 15 is 0 Å². The summed E-state index contributed by atoms with van der Waals surface area (Å²) in [6, 6.07) is 7.39. The molecule has 1 heterocycles. The maximum atomic E-state index is 12.0. The molecule has 0 radical (unpaired) electrons. The lowest BCUT2D eigenvalue weighted by Crippen LogP contribution is -2.35. The van der Waals surface area contributed by atoms with E-state index in [1.165, 1.54) is 25.3 Å². The quantitative estimate of drug-likeness (QED) is 0.494. The molecule has 0 unspecified atom stereocenters. The van der Waals surface area contributed by atoms with Crippen LogP contribution in [0.3, 0.4) is 0 Å². The first-order chi connectivity index (χ1) is 11.4. The van der Waals surface area contributed by atoms with Crippen LogP contribution >= 0.6 is 0 Å². The fourth-order valence-corrected chi connectivity index (χ4v) is 1.95. The summed E-state index contributed by atoms with van der Waals surface area (Å²) in [5.41, 5.74) is 0.262. The summed E-state index contributed by atoms with van der Waals surface area (Å²) >= 11 is 0. The van der Waals surface area contributed by atoms with E-state index in [2.05, 4.69) is 5.32 Å². The molecule has 0 aliphatic heterocycles. The molecule has 126 valence electrons. The Balaban J connectivity index is 1.96. The van der Waals surface area contributed by atoms with E-state index in [4.69, 9.17) is 9.15 Å². The lowest BCUT2D eigenvalue weighted by Gasteiger charge is -2.13. The predicted octanol–water partition coefficient (Wildman–Crippen LogP) is 2.36. The van der Waals surface area contributed by atoms with Crippen molar-refractivity contribution in [1.29, 1.82) is 0 Å². The van der Waals surface area contributed by atoms with Crippen LogP contribution < -0.4 is 5.32 Å². The van der Waals surface area contributed by atoms with Crippen LogP contribution in [0.2, 0.25) is 0 Å². The summed E-state index contributed by atoms with van der Waals surface area (Å²) in [6.07, 6.45) is 0.433. The molecule has 1 atom stereocenters. The second-order valence-electron chi connectivity index (χ2n) is 5.10. The number of ether oxygens (including phenoxy) is 1. The van der Waals surface area contributed by atoms with Crippen LogP contribution in [0.15, 0.2) is 41.0 Å². The summed E-state index contributed by atoms with van der Waals surface area (Å²) in [4.78, 5) is 34.3. The van der Waals surface area contributed by atoms with Gasteiger partial charge in [0.05, 0.1) is 23.3 Å². The number of carbonyl (C=O) groups is 2. The molecular weight excluding hydrogens is 316 g/mol. The number of nitro groups is 1. The van der Waals surface area contributed by atoms with E-state index in [1.807, 2.05) is 0 Å². The molecule has 0 aliphatic rings. The average Bonchev–Trinajstić information content (AvgIpc) is 3.05. The Morgan fingerprint density at radius 2 is 2.12 bits per heavy atom. The molecular formula is C16H16N2O6. The van der Waals surface area contributed by atoms with Crippen LogP contribution in [-0.4, -0.2) is 22.9 Å². The Hall–Kier alpha value is -3.16. The number of nitro benzene ring substituents is 1. The molecule has 0 saturated carbocycles. The Labute approximate surface area is 137 Å². The van der Waals surface area contributed by atoms with Crippen LogP contribution in [0.5, 0.6) is 0 Å². The number of hydrogen-bond donors (Lipinski definition) is 1. The highest BCUT2D eigenvalue weighted by Gasteiger charge is 2.21. The van der Waals surface area contributed by atoms with Crippen molar-refractivity contribution in [3.8, 4) is 0 Å². The minimum Gasteiger partial charge on any atom is -0.467 e. The smallest absolute Gasteiger partial charge is 0.339 e. The van der Waals surface area contributed by atoms with Gasteiger partial charge in [0, 0.05) is 11.6 Å². The van der Waals surface area contributed by atoms with E-state index < -0.39 is 22.9 Å². The topological polar surface area (TPSA) is 112 Å². The van der Waals surface area contributed by atoms with E-state index in [9.17, 15) is 19.7 Å². The third-order valence-corrected chi connectivity index (χ3v) is 3.31. The first-order valence-electron chi connectivity index (χ1n) is 7.14. The molecule has 1 aromatic carbocycles. The zero-order valence-electron chi connectivity index (χ0n) is 13.1. The lowest BCUT2D eigenvalue weighted by atomic mass is 10.1. The fraction of sp³-hybridized carbons (Fsp3) is 0.250. The van der Waals surface area contributed by atoms with Gasteiger partial charge < -0.3 is 14.5 Å². The highest BCUT2D eigenvalue weighted by Crippen LogP contribution is 2.20. The van der Waals surface area contributed by atoms with Gasteiger partial charge in [-0.05, 0) is 32.0 Å². The molecule has 0 saturated heterocycles. The molecule has 8 nitrogen and oxygen atoms in total. The molecule has 1 amide bonds. The first-order valence-corrected chi connectivity index (χ1v) is 7.14. The van der Waals surface area contributed by atoms with Crippen LogP contribution in [0.1, 0.15) is 28.6 Å². The highest BCUT2D eigenvalue weighted by molar-refractivity contribution is 5.92. The molecule has 0 bridgehead atoms. The van der Waals surface area contributed by atoms with Crippen molar-refractivity contribution in [3.63, 3.8) is 0 Å². The second kappa shape index (κ2) is 7.40. The first kappa shape index (κ1) is 17.2. The van der Waals surface area contributed by atoms with Gasteiger partial charge in [-0.2, -0.15) is 0 Å². The molecule has 8 heteroatoms. The number of hydrogen-bond acceptors (Lipinski definition) is 6. The fourth-order valence-electron chi connectivity index (χ4n) is 1.95. The van der Waals surface area contributed by atoms with Gasteiger partial charge in [0.15, 0.2) is 6.10 Å². The number of esters is 1. The Morgan fingerprint density at radius 3 is 2.75 bits per heavy atom. The Kier molecular flexibility index (Phi) is 5.31. The van der Waals surface area contributed by atoms with Crippen LogP contribution in [0.4, 0.5) is 5.69 Å². The Bertz CT molecular complexity index is 754. The zero-order valence-corrected chi connectivity index (χ0v) is 13.1. The van der Waals surface area contributed by atoms with Gasteiger partial charge in [-0.1, -0.05) is 6.07 Å². The van der Waals surface area contributed by atoms with Crippen molar-refractivity contribution in [2.45, 2.75) is 26.5 Å². The van der Waals surface area contributed by atoms with Gasteiger partial charge in [0.1, 0.15) is 5.76 Å². The number of amides is 1. The van der Waals surface area contributed by atoms with Crippen LogP contribution in [0, 0.1) is 17.0 Å². The van der Waals surface area contributed by atoms with Gasteiger partial charge in [-0.3, -0.25) is 14.9 Å². The lowest BCUT2D eigenvalue weighted by molar-refractivity contribution is -0.385. The van der Waals surface area contributed by atoms with E-state index in [1.54, 1.807) is 19.1 Å². The molecule has 2 aromatic rings. The largest absolute Gasteiger partial charge is 0.467 e. The molecule has 0 spiro atoms. The van der Waals surface area contributed by atoms with Crippen molar-refractivity contribution in [2.24, 2.45) is 0 Å². The van der Waals surface area contributed by atoms with Gasteiger partial charge in [0.25, 0.3) is 11.6 Å². The number of carbonyl (C=O) groups excluding carboxylic acids is 2. The predicted molar refractivity (Wildman–Crippen MR) is 83.3 cm³/mol. The highest BCUT2D eigenvalue weighted by atomic mass is 16.6. The van der Waals surface area contributed by atoms with Crippen LogP contribution in [-0.2, 0) is 16.1 Å². The summed E-state index contributed by atoms with van der Waals surface area (Å²) in [5, 5.41) is 13.5. The van der Waals surface area contributed by atoms with Crippen LogP contribution in [0.25, 0.3) is 0 Å². The van der Waals surface area contributed by atoms with Crippen molar-refractivity contribution in [3.05, 3.63) is 63.6 Å². The van der Waals surface area contributed by atoms with Crippen molar-refractivity contribution in [1.82, 2.24) is 5.32 Å². The minimum absolute atomic E-state index is 0.0120. The number of aryl methyl sites for hydroxylation is 1. The summed E-state index contributed by atoms with van der Waals surface area (Å²) < 4.78 is 10.1. The number of furan rings is 1. The monoisotopic (exact) mass is 332 g/mol. The third-order valence-electron chi connectivity index (χ3n) is 3.31. The van der Waals surface area contributed by atoms with Crippen molar-refractivity contribution >= 4 is 17.6 Å². The molecule has 24 heavy (non-hydrogen) atoms. The standard InChI is InChI=1S/C16H16N2O6/c1-10-5-6-12(8-14(10)18(21)22)16(20)24-11(2)15(19)17-9-13-4-3-7-23-13/h3-8,11H,9H2,1-2H3,(H,17,19)/t11-/m1/s1. The van der Waals surface area contributed by atoms with E-state index in [0.29, 0.717) is 11.3 Å². The molecule has 0 fully saturated rings. The maximum absolute atomic E-state index is 12.0. The van der Waals surface area contributed by atoms with Crippen molar-refractivity contribution in [2.75, 3.05) is 0 Å². The molecule has 0 aliphatic carbocycles. The SMILES string of the molecule is Cc1ccc(C(=O)O[C@H](C)C(=O)NCc2ccco2)cc1[N+](=O)[O-]. The molecule has 2 rings (SSSR count). The normalized spacial score (nSPS) is 11.6. The van der Waals surface area contributed by atoms with Gasteiger partial charge in [0.2, 0.25) is 0 Å².